The van der Waals surface area contributed by atoms with Crippen LogP contribution in [-0.4, -0.2) is 59.0 Å². The number of benzene rings is 3. The minimum Gasteiger partial charge on any atom is -0.497 e. The number of aliphatic hydroxyl groups excluding tert-OH is 1. The Balaban J connectivity index is 1.57. The van der Waals surface area contributed by atoms with Gasteiger partial charge in [-0.05, 0) is 36.2 Å². The molecule has 1 amide bonds. The average Bonchev–Trinajstić information content (AvgIpc) is 3.64. The van der Waals surface area contributed by atoms with Gasteiger partial charge in [0.1, 0.15) is 48.4 Å². The smallest absolute Gasteiger partial charge is 0.497 e. The van der Waals surface area contributed by atoms with Gasteiger partial charge in [0.15, 0.2) is 0 Å². The number of anilines is 2. The summed E-state index contributed by atoms with van der Waals surface area (Å²) in [7, 11) is 1.47. The van der Waals surface area contributed by atoms with Crippen molar-refractivity contribution in [1.29, 1.82) is 0 Å². The van der Waals surface area contributed by atoms with Gasteiger partial charge in [0.25, 0.3) is 5.91 Å². The maximum absolute atomic E-state index is 14.3. The van der Waals surface area contributed by atoms with Crippen LogP contribution in [0.5, 0.6) is 17.2 Å². The number of nitrogens with one attached hydrogen (secondary N) is 1. The molecule has 0 bridgehead atoms. The number of hydrogen-bond donors (Lipinski definition) is 2. The average molecular weight is 588 g/mol. The summed E-state index contributed by atoms with van der Waals surface area (Å²) in [6.45, 7) is -0.351. The van der Waals surface area contributed by atoms with E-state index in [-0.39, 0.29) is 36.8 Å². The molecule has 1 aliphatic rings. The second-order valence-electron chi connectivity index (χ2n) is 9.17. The summed E-state index contributed by atoms with van der Waals surface area (Å²) in [6.07, 6.45) is -1.69. The van der Waals surface area contributed by atoms with Crippen LogP contribution in [0.4, 0.5) is 28.9 Å². The predicted molar refractivity (Wildman–Crippen MR) is 142 cm³/mol. The lowest BCUT2D eigenvalue weighted by Crippen LogP contribution is -2.37. The van der Waals surface area contributed by atoms with Crippen LogP contribution in [-0.2, 0) is 11.2 Å². The largest absolute Gasteiger partial charge is 0.573 e. The first-order chi connectivity index (χ1) is 20.1. The van der Waals surface area contributed by atoms with Crippen LogP contribution < -0.4 is 24.4 Å². The molecule has 220 valence electrons. The topological polar surface area (TPSA) is 111 Å². The molecule has 0 aliphatic carbocycles. The van der Waals surface area contributed by atoms with E-state index in [1.807, 2.05) is 0 Å². The third-order valence-corrected chi connectivity index (χ3v) is 6.46. The van der Waals surface area contributed by atoms with E-state index in [1.165, 1.54) is 47.5 Å². The second-order valence-corrected chi connectivity index (χ2v) is 9.17. The van der Waals surface area contributed by atoms with Gasteiger partial charge in [-0.3, -0.25) is 4.79 Å². The first-order valence-electron chi connectivity index (χ1n) is 12.7. The highest BCUT2D eigenvalue weighted by atomic mass is 19.4. The Morgan fingerprint density at radius 1 is 1.12 bits per heavy atom. The van der Waals surface area contributed by atoms with E-state index in [1.54, 1.807) is 18.2 Å². The maximum Gasteiger partial charge on any atom is 0.573 e. The summed E-state index contributed by atoms with van der Waals surface area (Å²) in [4.78, 5) is 19.5. The van der Waals surface area contributed by atoms with Crippen molar-refractivity contribution in [3.8, 4) is 22.9 Å². The van der Waals surface area contributed by atoms with Crippen molar-refractivity contribution < 1.29 is 41.7 Å². The second kappa shape index (κ2) is 11.9. The van der Waals surface area contributed by atoms with Crippen molar-refractivity contribution in [1.82, 2.24) is 14.8 Å². The van der Waals surface area contributed by atoms with Crippen molar-refractivity contribution in [3.05, 3.63) is 84.2 Å². The standard InChI is InChI=1S/C28H25F4N5O5/c1-40-22-12-19(11-20(13-22)37-16-33-15-34-37)35-26(23-5-3-18(29)10-25(23)41-9-8-38)27(39)36-7-6-17-2-4-21(14-24(17)36)42-28(30,31)32/h2-5,10-16,26,35,38H,6-9H2,1H3. The molecule has 2 N–H and O–H groups in total. The van der Waals surface area contributed by atoms with E-state index in [4.69, 9.17) is 9.47 Å². The summed E-state index contributed by atoms with van der Waals surface area (Å²) in [5.41, 5.74) is 2.10. The van der Waals surface area contributed by atoms with Gasteiger partial charge in [0.05, 0.1) is 25.1 Å². The zero-order chi connectivity index (χ0) is 29.9. The summed E-state index contributed by atoms with van der Waals surface area (Å²) in [5, 5.41) is 16.6. The highest BCUT2D eigenvalue weighted by Crippen LogP contribution is 2.38. The fourth-order valence-electron chi connectivity index (χ4n) is 4.67. The number of fused-ring (bicyclic) bond motifs is 1. The van der Waals surface area contributed by atoms with E-state index in [0.29, 0.717) is 29.1 Å². The monoisotopic (exact) mass is 587 g/mol. The molecular formula is C28H25F4N5O5. The Hall–Kier alpha value is -4.85. The van der Waals surface area contributed by atoms with Gasteiger partial charge < -0.3 is 29.5 Å². The molecule has 0 spiro atoms. The molecule has 0 saturated heterocycles. The molecule has 14 heteroatoms. The highest BCUT2D eigenvalue weighted by molar-refractivity contribution is 6.01. The lowest BCUT2D eigenvalue weighted by Gasteiger charge is -2.28. The van der Waals surface area contributed by atoms with E-state index < -0.39 is 29.9 Å². The number of ether oxygens (including phenoxy) is 3. The Labute approximate surface area is 237 Å². The molecule has 0 saturated carbocycles. The highest BCUT2D eigenvalue weighted by Gasteiger charge is 2.35. The zero-order valence-corrected chi connectivity index (χ0v) is 22.1. The van der Waals surface area contributed by atoms with Crippen molar-refractivity contribution >= 4 is 17.3 Å². The number of alkyl halides is 3. The third kappa shape index (κ3) is 6.38. The first kappa shape index (κ1) is 28.7. The van der Waals surface area contributed by atoms with Crippen molar-refractivity contribution in [2.75, 3.05) is 37.1 Å². The fraction of sp³-hybridized carbons (Fsp3) is 0.250. The Bertz CT molecular complexity index is 1570. The van der Waals surface area contributed by atoms with Gasteiger partial charge >= 0.3 is 6.36 Å². The number of halogens is 4. The number of aromatic nitrogens is 3. The lowest BCUT2D eigenvalue weighted by molar-refractivity contribution is -0.274. The lowest BCUT2D eigenvalue weighted by atomic mass is 10.0. The number of methoxy groups -OCH3 is 1. The van der Waals surface area contributed by atoms with Crippen LogP contribution >= 0.6 is 0 Å². The number of carbonyl (C=O) groups excluding carboxylic acids is 1. The Morgan fingerprint density at radius 3 is 2.67 bits per heavy atom. The summed E-state index contributed by atoms with van der Waals surface area (Å²) in [6, 6.07) is 11.2. The van der Waals surface area contributed by atoms with Crippen molar-refractivity contribution in [3.63, 3.8) is 0 Å². The molecule has 1 atom stereocenters. The zero-order valence-electron chi connectivity index (χ0n) is 22.1. The third-order valence-electron chi connectivity index (χ3n) is 6.46. The van der Waals surface area contributed by atoms with Crippen LogP contribution in [0.25, 0.3) is 5.69 Å². The van der Waals surface area contributed by atoms with Gasteiger partial charge in [-0.1, -0.05) is 6.07 Å². The van der Waals surface area contributed by atoms with Gasteiger partial charge in [0.2, 0.25) is 0 Å². The molecule has 1 aromatic heterocycles. The number of carbonyl (C=O) groups is 1. The van der Waals surface area contributed by atoms with Crippen LogP contribution in [0, 0.1) is 5.82 Å². The molecule has 10 nitrogen and oxygen atoms in total. The SMILES string of the molecule is COc1cc(NC(C(=O)N2CCc3ccc(OC(F)(F)F)cc32)c2ccc(F)cc2OCCO)cc(-n2cncn2)c1. The molecule has 3 aromatic carbocycles. The number of rotatable bonds is 10. The number of nitrogens with zero attached hydrogens (tertiary/aromatic N) is 4. The summed E-state index contributed by atoms with van der Waals surface area (Å²) >= 11 is 0. The van der Waals surface area contributed by atoms with Gasteiger partial charge in [0, 0.05) is 42.1 Å². The molecular weight excluding hydrogens is 562 g/mol. The number of amides is 1. The number of aliphatic hydroxyl groups is 1. The minimum atomic E-state index is -4.91. The van der Waals surface area contributed by atoms with Crippen LogP contribution in [0.2, 0.25) is 0 Å². The van der Waals surface area contributed by atoms with Gasteiger partial charge in [-0.2, -0.15) is 5.10 Å². The molecule has 0 fully saturated rings. The molecule has 1 unspecified atom stereocenters. The Morgan fingerprint density at radius 2 is 1.95 bits per heavy atom. The molecule has 5 rings (SSSR count). The van der Waals surface area contributed by atoms with Crippen LogP contribution in [0.15, 0.2) is 67.3 Å². The van der Waals surface area contributed by atoms with E-state index >= 15 is 0 Å². The van der Waals surface area contributed by atoms with E-state index in [9.17, 15) is 27.5 Å². The summed E-state index contributed by atoms with van der Waals surface area (Å²) < 4.78 is 69.6. The van der Waals surface area contributed by atoms with Crippen LogP contribution in [0.1, 0.15) is 17.2 Å². The number of hydrogen-bond acceptors (Lipinski definition) is 8. The Kier molecular flexibility index (Phi) is 8.15. The molecule has 4 aromatic rings. The fourth-order valence-corrected chi connectivity index (χ4v) is 4.67. The van der Waals surface area contributed by atoms with Crippen molar-refractivity contribution in [2.24, 2.45) is 0 Å². The first-order valence-corrected chi connectivity index (χ1v) is 12.7. The maximum atomic E-state index is 14.3. The van der Waals surface area contributed by atoms with Gasteiger partial charge in [-0.25, -0.2) is 14.1 Å². The predicted octanol–water partition coefficient (Wildman–Crippen LogP) is 4.43. The molecule has 2 heterocycles. The van der Waals surface area contributed by atoms with Gasteiger partial charge in [-0.15, -0.1) is 13.2 Å². The molecule has 0 radical (unpaired) electrons. The molecule has 42 heavy (non-hydrogen) atoms. The van der Waals surface area contributed by atoms with Crippen LogP contribution in [0.3, 0.4) is 0 Å². The molecule has 1 aliphatic heterocycles. The summed E-state index contributed by atoms with van der Waals surface area (Å²) in [5.74, 6) is -1.22. The minimum absolute atomic E-state index is 0.00266. The van der Waals surface area contributed by atoms with E-state index in [0.717, 1.165) is 18.2 Å². The van der Waals surface area contributed by atoms with E-state index in [2.05, 4.69) is 20.1 Å². The van der Waals surface area contributed by atoms with Crippen molar-refractivity contribution in [2.45, 2.75) is 18.8 Å². The normalized spacial score (nSPS) is 13.4. The quantitative estimate of drug-likeness (QED) is 0.263.